The summed E-state index contributed by atoms with van der Waals surface area (Å²) in [5, 5.41) is 14.2. The van der Waals surface area contributed by atoms with E-state index < -0.39 is 21.1 Å². The normalized spacial score (nSPS) is 10.9. The SMILES string of the molecule is NS(=O)(=O)c1ccc(C(=O)Oc2ccc(CO[N+](=O)[O-])cc2)cc1. The van der Waals surface area contributed by atoms with E-state index in [0.717, 1.165) is 0 Å². The van der Waals surface area contributed by atoms with Crippen LogP contribution in [-0.2, 0) is 21.5 Å². The van der Waals surface area contributed by atoms with Crippen LogP contribution in [0.3, 0.4) is 0 Å². The number of hydrogen-bond donors (Lipinski definition) is 1. The van der Waals surface area contributed by atoms with Crippen LogP contribution in [0.4, 0.5) is 0 Å². The number of rotatable bonds is 6. The first-order valence-corrected chi connectivity index (χ1v) is 8.01. The van der Waals surface area contributed by atoms with Crippen LogP contribution in [0.5, 0.6) is 5.75 Å². The highest BCUT2D eigenvalue weighted by Gasteiger charge is 2.12. The van der Waals surface area contributed by atoms with Crippen LogP contribution in [0.25, 0.3) is 0 Å². The third-order valence-corrected chi connectivity index (χ3v) is 3.82. The zero-order chi connectivity index (χ0) is 17.7. The first-order chi connectivity index (χ1) is 11.3. The summed E-state index contributed by atoms with van der Waals surface area (Å²) in [5.41, 5.74) is 0.673. The molecule has 0 spiro atoms. The number of sulfonamides is 1. The van der Waals surface area contributed by atoms with Crippen LogP contribution in [0.2, 0.25) is 0 Å². The maximum atomic E-state index is 12.0. The van der Waals surface area contributed by atoms with E-state index in [4.69, 9.17) is 9.88 Å². The molecule has 2 aromatic rings. The summed E-state index contributed by atoms with van der Waals surface area (Å²) >= 11 is 0. The van der Waals surface area contributed by atoms with Gasteiger partial charge in [-0.05, 0) is 42.0 Å². The topological polar surface area (TPSA) is 139 Å². The molecule has 0 aliphatic carbocycles. The van der Waals surface area contributed by atoms with Crippen molar-refractivity contribution in [1.82, 2.24) is 0 Å². The Kier molecular flexibility index (Phi) is 5.11. The maximum absolute atomic E-state index is 12.0. The third kappa shape index (κ3) is 4.76. The number of esters is 1. The molecule has 9 nitrogen and oxygen atoms in total. The van der Waals surface area contributed by atoms with E-state index in [9.17, 15) is 23.3 Å². The van der Waals surface area contributed by atoms with Crippen molar-refractivity contribution in [2.45, 2.75) is 11.5 Å². The van der Waals surface area contributed by atoms with Gasteiger partial charge in [-0.15, -0.1) is 10.1 Å². The zero-order valence-corrected chi connectivity index (χ0v) is 12.9. The Bertz CT molecular complexity index is 846. The van der Waals surface area contributed by atoms with Gasteiger partial charge in [-0.25, -0.2) is 18.4 Å². The lowest BCUT2D eigenvalue weighted by molar-refractivity contribution is -0.763. The quantitative estimate of drug-likeness (QED) is 0.357. The van der Waals surface area contributed by atoms with Crippen molar-refractivity contribution < 1.29 is 27.9 Å². The van der Waals surface area contributed by atoms with E-state index in [-0.39, 0.29) is 22.8 Å². The van der Waals surface area contributed by atoms with Crippen molar-refractivity contribution in [3.05, 3.63) is 69.8 Å². The molecule has 0 atom stereocenters. The zero-order valence-electron chi connectivity index (χ0n) is 12.1. The summed E-state index contributed by atoms with van der Waals surface area (Å²) in [6.07, 6.45) is 0. The fourth-order valence-electron chi connectivity index (χ4n) is 1.73. The second kappa shape index (κ2) is 7.06. The van der Waals surface area contributed by atoms with Crippen molar-refractivity contribution in [2.75, 3.05) is 0 Å². The van der Waals surface area contributed by atoms with E-state index in [0.29, 0.717) is 5.56 Å². The van der Waals surface area contributed by atoms with E-state index in [1.165, 1.54) is 48.5 Å². The molecule has 126 valence electrons. The summed E-state index contributed by atoms with van der Waals surface area (Å²) in [4.78, 5) is 26.1. The number of ether oxygens (including phenoxy) is 1. The number of hydrogen-bond acceptors (Lipinski definition) is 7. The molecule has 0 bridgehead atoms. The van der Waals surface area contributed by atoms with Crippen LogP contribution in [0.15, 0.2) is 53.4 Å². The van der Waals surface area contributed by atoms with Crippen LogP contribution in [-0.4, -0.2) is 19.5 Å². The van der Waals surface area contributed by atoms with E-state index in [2.05, 4.69) is 4.84 Å². The van der Waals surface area contributed by atoms with Gasteiger partial charge in [-0.3, -0.25) is 0 Å². The molecule has 10 heteroatoms. The van der Waals surface area contributed by atoms with Gasteiger partial charge in [-0.1, -0.05) is 12.1 Å². The number of nitrogens with two attached hydrogens (primary N) is 1. The fourth-order valence-corrected chi connectivity index (χ4v) is 2.24. The highest BCUT2D eigenvalue weighted by Crippen LogP contribution is 2.16. The number of primary sulfonamides is 1. The number of nitrogens with zero attached hydrogens (tertiary/aromatic N) is 1. The van der Waals surface area contributed by atoms with Gasteiger partial charge in [0.15, 0.2) is 0 Å². The lowest BCUT2D eigenvalue weighted by atomic mass is 10.2. The van der Waals surface area contributed by atoms with Gasteiger partial charge in [0.05, 0.1) is 10.5 Å². The molecule has 0 aliphatic heterocycles. The molecule has 2 rings (SSSR count). The Morgan fingerprint density at radius 2 is 1.67 bits per heavy atom. The second-order valence-corrected chi connectivity index (χ2v) is 6.16. The van der Waals surface area contributed by atoms with E-state index >= 15 is 0 Å². The Labute approximate surface area is 136 Å². The molecule has 0 saturated heterocycles. The summed E-state index contributed by atoms with van der Waals surface area (Å²) in [7, 11) is -3.83. The van der Waals surface area contributed by atoms with Gasteiger partial charge in [0.25, 0.3) is 5.09 Å². The molecule has 24 heavy (non-hydrogen) atoms. The van der Waals surface area contributed by atoms with Crippen molar-refractivity contribution in [3.63, 3.8) is 0 Å². The van der Waals surface area contributed by atoms with Crippen LogP contribution in [0.1, 0.15) is 15.9 Å². The molecule has 0 amide bonds. The average Bonchev–Trinajstić information content (AvgIpc) is 2.53. The molecular formula is C14H12N2O7S. The lowest BCUT2D eigenvalue weighted by Gasteiger charge is -2.06. The smallest absolute Gasteiger partial charge is 0.343 e. The first kappa shape index (κ1) is 17.4. The fraction of sp³-hybridized carbons (Fsp3) is 0.0714. The Hall–Kier alpha value is -2.98. The van der Waals surface area contributed by atoms with Gasteiger partial charge in [-0.2, -0.15) is 0 Å². The standard InChI is InChI=1S/C14H12N2O7S/c15-24(20,21)13-7-3-11(4-8-13)14(17)23-12-5-1-10(2-6-12)9-22-16(18)19/h1-8H,9H2,(H2,15,20,21). The van der Waals surface area contributed by atoms with E-state index in [1.54, 1.807) is 0 Å². The summed E-state index contributed by atoms with van der Waals surface area (Å²) < 4.78 is 27.4. The van der Waals surface area contributed by atoms with Crippen molar-refractivity contribution >= 4 is 16.0 Å². The predicted molar refractivity (Wildman–Crippen MR) is 81.0 cm³/mol. The minimum Gasteiger partial charge on any atom is -0.423 e. The minimum absolute atomic E-state index is 0.116. The van der Waals surface area contributed by atoms with Gasteiger partial charge in [0, 0.05) is 0 Å². The Morgan fingerprint density at radius 1 is 1.08 bits per heavy atom. The minimum atomic E-state index is -3.83. The Morgan fingerprint density at radius 3 is 2.17 bits per heavy atom. The highest BCUT2D eigenvalue weighted by atomic mass is 32.2. The number of carbonyl (C=O) groups is 1. The van der Waals surface area contributed by atoms with Gasteiger partial charge < -0.3 is 9.57 Å². The van der Waals surface area contributed by atoms with Crippen LogP contribution >= 0.6 is 0 Å². The largest absolute Gasteiger partial charge is 0.423 e. The van der Waals surface area contributed by atoms with E-state index in [1.807, 2.05) is 0 Å². The monoisotopic (exact) mass is 352 g/mol. The van der Waals surface area contributed by atoms with Crippen molar-refractivity contribution in [1.29, 1.82) is 0 Å². The predicted octanol–water partition coefficient (Wildman–Crippen LogP) is 1.26. The first-order valence-electron chi connectivity index (χ1n) is 6.47. The molecule has 0 unspecified atom stereocenters. The molecule has 0 aliphatic rings. The summed E-state index contributed by atoms with van der Waals surface area (Å²) in [6, 6.07) is 10.9. The number of benzene rings is 2. The molecule has 0 fully saturated rings. The summed E-state index contributed by atoms with van der Waals surface area (Å²) in [6.45, 7) is -0.212. The maximum Gasteiger partial charge on any atom is 0.343 e. The number of carbonyl (C=O) groups excluding carboxylic acids is 1. The van der Waals surface area contributed by atoms with Crippen molar-refractivity contribution in [2.24, 2.45) is 5.14 Å². The van der Waals surface area contributed by atoms with Crippen LogP contribution in [0, 0.1) is 10.1 Å². The van der Waals surface area contributed by atoms with Crippen molar-refractivity contribution in [3.8, 4) is 5.75 Å². The third-order valence-electron chi connectivity index (χ3n) is 2.89. The molecule has 0 saturated carbocycles. The van der Waals surface area contributed by atoms with Gasteiger partial charge >= 0.3 is 5.97 Å². The lowest BCUT2D eigenvalue weighted by Crippen LogP contribution is -2.13. The summed E-state index contributed by atoms with van der Waals surface area (Å²) in [5.74, 6) is -0.467. The van der Waals surface area contributed by atoms with Gasteiger partial charge in [0.2, 0.25) is 10.0 Å². The average molecular weight is 352 g/mol. The van der Waals surface area contributed by atoms with Crippen LogP contribution < -0.4 is 9.88 Å². The molecule has 0 aromatic heterocycles. The second-order valence-electron chi connectivity index (χ2n) is 4.60. The Balaban J connectivity index is 2.02. The molecule has 2 aromatic carbocycles. The molecule has 0 radical (unpaired) electrons. The molecule has 2 N–H and O–H groups in total. The van der Waals surface area contributed by atoms with Gasteiger partial charge in [0.1, 0.15) is 12.4 Å². The molecule has 0 heterocycles. The molecular weight excluding hydrogens is 340 g/mol. The highest BCUT2D eigenvalue weighted by molar-refractivity contribution is 7.89.